The van der Waals surface area contributed by atoms with Crippen molar-refractivity contribution >= 4 is 17.7 Å². The Morgan fingerprint density at radius 2 is 1.67 bits per heavy atom. The molecule has 0 amide bonds. The van der Waals surface area contributed by atoms with Gasteiger partial charge in [0.1, 0.15) is 0 Å². The predicted molar refractivity (Wildman–Crippen MR) is 32.8 cm³/mol. The fourth-order valence-corrected chi connectivity index (χ4v) is 0. The molecule has 0 unspecified atom stereocenters. The molecule has 0 saturated carbocycles. The summed E-state index contributed by atoms with van der Waals surface area (Å²) < 4.78 is 0. The van der Waals surface area contributed by atoms with Crippen LogP contribution in [0.25, 0.3) is 0 Å². The van der Waals surface area contributed by atoms with Gasteiger partial charge < -0.3 is 11.1 Å². The number of rotatable bonds is 0. The third-order valence-corrected chi connectivity index (χ3v) is 0. The summed E-state index contributed by atoms with van der Waals surface area (Å²) in [6.45, 7) is 0. The zero-order valence-corrected chi connectivity index (χ0v) is 4.88. The molecule has 3 N–H and O–H groups in total. The van der Waals surface area contributed by atoms with E-state index in [9.17, 15) is 0 Å². The minimum atomic E-state index is 1.08. The van der Waals surface area contributed by atoms with Crippen LogP contribution in [0.4, 0.5) is 0 Å². The van der Waals surface area contributed by atoms with E-state index in [1.54, 1.807) is 0 Å². The van der Waals surface area contributed by atoms with Gasteiger partial charge in [-0.1, -0.05) is 12.2 Å². The van der Waals surface area contributed by atoms with Gasteiger partial charge in [-0.3, -0.25) is 0 Å². The molecule has 3 heteroatoms. The fraction of sp³-hybridized carbons (Fsp3) is 0.667. The molecule has 6 heavy (non-hydrogen) atoms. The van der Waals surface area contributed by atoms with Gasteiger partial charge >= 0.3 is 0 Å². The molecule has 0 aromatic heterocycles. The Hall–Kier alpha value is -0.150. The summed E-state index contributed by atoms with van der Waals surface area (Å²) in [4.78, 5) is 0. The SMILES string of the molecule is CNC.NC=S. The van der Waals surface area contributed by atoms with Crippen LogP contribution in [0, 0.1) is 0 Å². The Kier molecular flexibility index (Phi) is 32.5. The molecule has 0 atom stereocenters. The average molecular weight is 106 g/mol. The van der Waals surface area contributed by atoms with Crippen LogP contribution in [-0.2, 0) is 0 Å². The van der Waals surface area contributed by atoms with Crippen molar-refractivity contribution in [3.05, 3.63) is 0 Å². The molecule has 0 bridgehead atoms. The summed E-state index contributed by atoms with van der Waals surface area (Å²) >= 11 is 4.05. The highest BCUT2D eigenvalue weighted by Gasteiger charge is 1.25. The first-order valence-corrected chi connectivity index (χ1v) is 2.04. The molecule has 0 spiro atoms. The maximum Gasteiger partial charge on any atom is 0.0588 e. The second kappa shape index (κ2) is 21.0. The highest BCUT2D eigenvalue weighted by atomic mass is 32.1. The number of thiocarbonyl (C=S) groups is 1. The zero-order chi connectivity index (χ0) is 5.41. The second-order valence-corrected chi connectivity index (χ2v) is 0.908. The van der Waals surface area contributed by atoms with E-state index in [2.05, 4.69) is 23.3 Å². The molecule has 0 radical (unpaired) electrons. The van der Waals surface area contributed by atoms with E-state index in [0.717, 1.165) is 5.49 Å². The summed E-state index contributed by atoms with van der Waals surface area (Å²) in [6, 6.07) is 0. The van der Waals surface area contributed by atoms with E-state index in [1.807, 2.05) is 14.1 Å². The zero-order valence-electron chi connectivity index (χ0n) is 4.06. The lowest BCUT2D eigenvalue weighted by Gasteiger charge is -1.59. The lowest BCUT2D eigenvalue weighted by molar-refractivity contribution is 1.02. The summed E-state index contributed by atoms with van der Waals surface area (Å²) in [6.07, 6.45) is 0. The lowest BCUT2D eigenvalue weighted by atomic mass is 11.3. The topological polar surface area (TPSA) is 38.0 Å². The van der Waals surface area contributed by atoms with Crippen molar-refractivity contribution in [3.8, 4) is 0 Å². The van der Waals surface area contributed by atoms with Crippen LogP contribution in [0.5, 0.6) is 0 Å². The number of nitrogens with two attached hydrogens (primary N) is 1. The van der Waals surface area contributed by atoms with Gasteiger partial charge in [0.05, 0.1) is 5.49 Å². The summed E-state index contributed by atoms with van der Waals surface area (Å²) in [5.41, 5.74) is 5.62. The first kappa shape index (κ1) is 9.28. The van der Waals surface area contributed by atoms with E-state index in [4.69, 9.17) is 0 Å². The smallest absolute Gasteiger partial charge is 0.0588 e. The lowest BCUT2D eigenvalue weighted by Crippen LogP contribution is -1.89. The van der Waals surface area contributed by atoms with Crippen LogP contribution >= 0.6 is 12.2 Å². The molecule has 0 aliphatic carbocycles. The molecule has 0 aromatic carbocycles. The van der Waals surface area contributed by atoms with Crippen LogP contribution in [-0.4, -0.2) is 19.6 Å². The third-order valence-electron chi connectivity index (χ3n) is 0. The van der Waals surface area contributed by atoms with Crippen molar-refractivity contribution in [2.75, 3.05) is 14.1 Å². The molecule has 0 aliphatic heterocycles. The van der Waals surface area contributed by atoms with Crippen molar-refractivity contribution in [2.24, 2.45) is 5.73 Å². The van der Waals surface area contributed by atoms with E-state index >= 15 is 0 Å². The first-order valence-electron chi connectivity index (χ1n) is 1.57. The standard InChI is InChI=1S/C2H7N.CH3NS/c1-3-2;2-1-3/h3H,1-2H3;1H,(H2,2,3). The van der Waals surface area contributed by atoms with Crippen LogP contribution in [0.3, 0.4) is 0 Å². The Balaban J connectivity index is 0. The maximum absolute atomic E-state index is 4.54. The highest BCUT2D eigenvalue weighted by Crippen LogP contribution is 1.16. The number of nitrogens with one attached hydrogen (secondary N) is 1. The van der Waals surface area contributed by atoms with Gasteiger partial charge in [-0.2, -0.15) is 0 Å². The number of hydrogen-bond acceptors (Lipinski definition) is 2. The third kappa shape index (κ3) is 1390. The van der Waals surface area contributed by atoms with Gasteiger partial charge in [0.25, 0.3) is 0 Å². The highest BCUT2D eigenvalue weighted by molar-refractivity contribution is 7.78. The molecule has 0 saturated heterocycles. The van der Waals surface area contributed by atoms with Crippen LogP contribution < -0.4 is 11.1 Å². The Bertz CT molecular complexity index is 22.8. The quantitative estimate of drug-likeness (QED) is 0.418. The van der Waals surface area contributed by atoms with E-state index in [-0.39, 0.29) is 0 Å². The van der Waals surface area contributed by atoms with Crippen molar-refractivity contribution in [1.29, 1.82) is 0 Å². The molecular formula is C3H10N2S. The Labute approximate surface area is 43.7 Å². The summed E-state index contributed by atoms with van der Waals surface area (Å²) in [5.74, 6) is 0. The van der Waals surface area contributed by atoms with E-state index < -0.39 is 0 Å². The Morgan fingerprint density at radius 1 is 1.67 bits per heavy atom. The molecule has 0 rings (SSSR count). The van der Waals surface area contributed by atoms with Crippen molar-refractivity contribution < 1.29 is 0 Å². The minimum absolute atomic E-state index is 1.08. The molecule has 2 nitrogen and oxygen atoms in total. The Morgan fingerprint density at radius 3 is 1.67 bits per heavy atom. The minimum Gasteiger partial charge on any atom is -0.396 e. The van der Waals surface area contributed by atoms with Gasteiger partial charge in [-0.05, 0) is 14.1 Å². The molecule has 38 valence electrons. The average Bonchev–Trinajstić information content (AvgIpc) is 1.39. The van der Waals surface area contributed by atoms with Crippen LogP contribution in [0.1, 0.15) is 0 Å². The van der Waals surface area contributed by atoms with Crippen molar-refractivity contribution in [2.45, 2.75) is 0 Å². The predicted octanol–water partition coefficient (Wildman–Crippen LogP) is -0.262. The van der Waals surface area contributed by atoms with E-state index in [1.165, 1.54) is 0 Å². The fourth-order valence-electron chi connectivity index (χ4n) is 0. The van der Waals surface area contributed by atoms with E-state index in [0.29, 0.717) is 0 Å². The van der Waals surface area contributed by atoms with Crippen molar-refractivity contribution in [3.63, 3.8) is 0 Å². The van der Waals surface area contributed by atoms with Crippen LogP contribution in [0.2, 0.25) is 0 Å². The normalized spacial score (nSPS) is 5.00. The largest absolute Gasteiger partial charge is 0.396 e. The van der Waals surface area contributed by atoms with Crippen LogP contribution in [0.15, 0.2) is 0 Å². The summed E-state index contributed by atoms with van der Waals surface area (Å²) in [5, 5.41) is 2.75. The second-order valence-electron chi connectivity index (χ2n) is 0.636. The maximum atomic E-state index is 4.54. The first-order chi connectivity index (χ1) is 2.83. The van der Waals surface area contributed by atoms with Gasteiger partial charge in [0.2, 0.25) is 0 Å². The van der Waals surface area contributed by atoms with Gasteiger partial charge in [-0.25, -0.2) is 0 Å². The molecule has 0 heterocycles. The summed E-state index contributed by atoms with van der Waals surface area (Å²) in [7, 11) is 3.75. The molecular weight excluding hydrogens is 96.1 g/mol. The monoisotopic (exact) mass is 106 g/mol. The van der Waals surface area contributed by atoms with Gasteiger partial charge in [-0.15, -0.1) is 0 Å². The van der Waals surface area contributed by atoms with Crippen molar-refractivity contribution in [1.82, 2.24) is 5.32 Å². The molecule has 0 aromatic rings. The van der Waals surface area contributed by atoms with Gasteiger partial charge in [0.15, 0.2) is 0 Å². The molecule has 0 aliphatic rings. The molecule has 0 fully saturated rings. The number of hydrogen-bond donors (Lipinski definition) is 2. The van der Waals surface area contributed by atoms with Gasteiger partial charge in [0, 0.05) is 0 Å².